The first-order valence-corrected chi connectivity index (χ1v) is 7.53. The van der Waals surface area contributed by atoms with E-state index in [1.807, 2.05) is 42.5 Å². The molecule has 3 nitrogen and oxygen atoms in total. The molecular weight excluding hydrogens is 272 g/mol. The maximum atomic E-state index is 12.1. The highest BCUT2D eigenvalue weighted by molar-refractivity contribution is 6.04. The molecule has 0 aliphatic rings. The second-order valence-corrected chi connectivity index (χ2v) is 6.78. The molecular formula is C19H24N2O. The molecule has 0 aromatic heterocycles. The van der Waals surface area contributed by atoms with Gasteiger partial charge >= 0.3 is 0 Å². The summed E-state index contributed by atoms with van der Waals surface area (Å²) in [6, 6.07) is 17.2. The Morgan fingerprint density at radius 2 is 1.59 bits per heavy atom. The van der Waals surface area contributed by atoms with Gasteiger partial charge in [0.25, 0.3) is 5.91 Å². The highest BCUT2D eigenvalue weighted by Gasteiger charge is 2.14. The number of carbonyl (C=O) groups excluding carboxylic acids is 1. The van der Waals surface area contributed by atoms with Crippen molar-refractivity contribution in [3.8, 4) is 0 Å². The van der Waals surface area contributed by atoms with Crippen LogP contribution in [0.2, 0.25) is 0 Å². The van der Waals surface area contributed by atoms with E-state index in [1.165, 1.54) is 0 Å². The molecule has 22 heavy (non-hydrogen) atoms. The van der Waals surface area contributed by atoms with Crippen LogP contribution in [0.4, 0.5) is 11.4 Å². The molecule has 1 N–H and O–H groups in total. The van der Waals surface area contributed by atoms with E-state index in [0.29, 0.717) is 5.56 Å². The zero-order chi connectivity index (χ0) is 16.2. The maximum Gasteiger partial charge on any atom is 0.255 e. The molecule has 0 saturated heterocycles. The number of hydrogen-bond donors (Lipinski definition) is 1. The van der Waals surface area contributed by atoms with Crippen molar-refractivity contribution in [2.75, 3.05) is 23.8 Å². The van der Waals surface area contributed by atoms with Gasteiger partial charge in [0.2, 0.25) is 0 Å². The van der Waals surface area contributed by atoms with Crippen LogP contribution in [0.3, 0.4) is 0 Å². The van der Waals surface area contributed by atoms with Crippen LogP contribution in [-0.2, 0) is 0 Å². The molecule has 2 rings (SSSR count). The van der Waals surface area contributed by atoms with Gasteiger partial charge < -0.3 is 10.2 Å². The Labute approximate surface area is 133 Å². The summed E-state index contributed by atoms with van der Waals surface area (Å²) in [5, 5.41) is 2.92. The Kier molecular flexibility index (Phi) is 4.86. The van der Waals surface area contributed by atoms with Gasteiger partial charge in [-0.25, -0.2) is 0 Å². The Balaban J connectivity index is 2.02. The number of amides is 1. The monoisotopic (exact) mass is 296 g/mol. The summed E-state index contributed by atoms with van der Waals surface area (Å²) < 4.78 is 0. The van der Waals surface area contributed by atoms with Gasteiger partial charge in [0.05, 0.1) is 0 Å². The predicted octanol–water partition coefficient (Wildman–Crippen LogP) is 4.42. The van der Waals surface area contributed by atoms with Crippen LogP contribution < -0.4 is 10.2 Å². The lowest BCUT2D eigenvalue weighted by Gasteiger charge is -2.28. The summed E-state index contributed by atoms with van der Waals surface area (Å²) in [5.41, 5.74) is 2.86. The highest BCUT2D eigenvalue weighted by atomic mass is 16.1. The zero-order valence-corrected chi connectivity index (χ0v) is 13.8. The SMILES string of the molecule is CN(CC(C)(C)C)c1ccc(NC(=O)c2ccccc2)cc1. The Bertz CT molecular complexity index is 612. The number of carbonyl (C=O) groups is 1. The summed E-state index contributed by atoms with van der Waals surface area (Å²) in [7, 11) is 2.09. The molecule has 2 aromatic rings. The zero-order valence-electron chi connectivity index (χ0n) is 13.8. The van der Waals surface area contributed by atoms with Gasteiger partial charge in [-0.15, -0.1) is 0 Å². The first-order chi connectivity index (χ1) is 10.3. The number of anilines is 2. The average Bonchev–Trinajstić information content (AvgIpc) is 2.47. The van der Waals surface area contributed by atoms with Crippen molar-refractivity contribution < 1.29 is 4.79 Å². The van der Waals surface area contributed by atoms with Crippen LogP contribution in [0.1, 0.15) is 31.1 Å². The third kappa shape index (κ3) is 4.62. The standard InChI is InChI=1S/C19H24N2O/c1-19(2,3)14-21(4)17-12-10-16(11-13-17)20-18(22)15-8-6-5-7-9-15/h5-13H,14H2,1-4H3,(H,20,22). The van der Waals surface area contributed by atoms with Gasteiger partial charge in [0.15, 0.2) is 0 Å². The molecule has 0 aliphatic heterocycles. The fourth-order valence-corrected chi connectivity index (χ4v) is 2.39. The summed E-state index contributed by atoms with van der Waals surface area (Å²) in [4.78, 5) is 14.3. The summed E-state index contributed by atoms with van der Waals surface area (Å²) in [5.74, 6) is -0.0867. The van der Waals surface area contributed by atoms with Gasteiger partial charge in [0.1, 0.15) is 0 Å². The third-order valence-corrected chi connectivity index (χ3v) is 3.31. The van der Waals surface area contributed by atoms with E-state index in [4.69, 9.17) is 0 Å². The number of rotatable bonds is 4. The van der Waals surface area contributed by atoms with Crippen LogP contribution in [0.5, 0.6) is 0 Å². The largest absolute Gasteiger partial charge is 0.374 e. The Morgan fingerprint density at radius 3 is 2.14 bits per heavy atom. The topological polar surface area (TPSA) is 32.3 Å². The molecule has 0 spiro atoms. The Hall–Kier alpha value is -2.29. The second-order valence-electron chi connectivity index (χ2n) is 6.78. The van der Waals surface area contributed by atoms with E-state index in [9.17, 15) is 4.79 Å². The lowest BCUT2D eigenvalue weighted by atomic mass is 9.96. The molecule has 0 heterocycles. The molecule has 0 unspecified atom stereocenters. The van der Waals surface area contributed by atoms with E-state index < -0.39 is 0 Å². The van der Waals surface area contributed by atoms with Gasteiger partial charge in [-0.3, -0.25) is 4.79 Å². The van der Waals surface area contributed by atoms with E-state index in [0.717, 1.165) is 17.9 Å². The van der Waals surface area contributed by atoms with Crippen molar-refractivity contribution in [1.29, 1.82) is 0 Å². The van der Waals surface area contributed by atoms with Crippen LogP contribution in [-0.4, -0.2) is 19.5 Å². The van der Waals surface area contributed by atoms with Gasteiger partial charge in [-0.05, 0) is 41.8 Å². The van der Waals surface area contributed by atoms with Crippen LogP contribution in [0.25, 0.3) is 0 Å². The van der Waals surface area contributed by atoms with E-state index in [-0.39, 0.29) is 11.3 Å². The number of nitrogens with one attached hydrogen (secondary N) is 1. The summed E-state index contributed by atoms with van der Waals surface area (Å²) >= 11 is 0. The van der Waals surface area contributed by atoms with Crippen LogP contribution in [0, 0.1) is 5.41 Å². The predicted molar refractivity (Wildman–Crippen MR) is 93.6 cm³/mol. The number of hydrogen-bond acceptors (Lipinski definition) is 2. The second kappa shape index (κ2) is 6.65. The van der Waals surface area contributed by atoms with Crippen LogP contribution >= 0.6 is 0 Å². The minimum atomic E-state index is -0.0867. The van der Waals surface area contributed by atoms with E-state index in [1.54, 1.807) is 12.1 Å². The number of nitrogens with zero attached hydrogens (tertiary/aromatic N) is 1. The Morgan fingerprint density at radius 1 is 1.00 bits per heavy atom. The molecule has 0 bridgehead atoms. The molecule has 0 aliphatic carbocycles. The van der Waals surface area contributed by atoms with Gasteiger partial charge in [0, 0.05) is 30.5 Å². The van der Waals surface area contributed by atoms with Crippen molar-refractivity contribution in [1.82, 2.24) is 0 Å². The van der Waals surface area contributed by atoms with Crippen molar-refractivity contribution >= 4 is 17.3 Å². The third-order valence-electron chi connectivity index (χ3n) is 3.31. The molecule has 0 saturated carbocycles. The van der Waals surface area contributed by atoms with Gasteiger partial charge in [-0.1, -0.05) is 39.0 Å². The smallest absolute Gasteiger partial charge is 0.255 e. The van der Waals surface area contributed by atoms with E-state index >= 15 is 0 Å². The summed E-state index contributed by atoms with van der Waals surface area (Å²) in [6.07, 6.45) is 0. The molecule has 0 fully saturated rings. The minimum absolute atomic E-state index is 0.0867. The molecule has 2 aromatic carbocycles. The molecule has 116 valence electrons. The summed E-state index contributed by atoms with van der Waals surface area (Å²) in [6.45, 7) is 7.64. The first-order valence-electron chi connectivity index (χ1n) is 7.53. The van der Waals surface area contributed by atoms with Crippen molar-refractivity contribution in [2.45, 2.75) is 20.8 Å². The molecule has 0 radical (unpaired) electrons. The first kappa shape index (κ1) is 16.1. The number of benzene rings is 2. The quantitative estimate of drug-likeness (QED) is 0.905. The lowest BCUT2D eigenvalue weighted by Crippen LogP contribution is -2.28. The van der Waals surface area contributed by atoms with Crippen molar-refractivity contribution in [2.24, 2.45) is 5.41 Å². The molecule has 0 atom stereocenters. The van der Waals surface area contributed by atoms with Gasteiger partial charge in [-0.2, -0.15) is 0 Å². The minimum Gasteiger partial charge on any atom is -0.374 e. The van der Waals surface area contributed by atoms with Crippen LogP contribution in [0.15, 0.2) is 54.6 Å². The van der Waals surface area contributed by atoms with E-state index in [2.05, 4.69) is 38.0 Å². The fraction of sp³-hybridized carbons (Fsp3) is 0.316. The lowest BCUT2D eigenvalue weighted by molar-refractivity contribution is 0.102. The van der Waals surface area contributed by atoms with Crippen molar-refractivity contribution in [3.63, 3.8) is 0 Å². The average molecular weight is 296 g/mol. The maximum absolute atomic E-state index is 12.1. The molecule has 3 heteroatoms. The van der Waals surface area contributed by atoms with Crippen molar-refractivity contribution in [3.05, 3.63) is 60.2 Å². The highest BCUT2D eigenvalue weighted by Crippen LogP contribution is 2.22. The molecule has 1 amide bonds. The fourth-order valence-electron chi connectivity index (χ4n) is 2.39. The normalized spacial score (nSPS) is 11.1.